The summed E-state index contributed by atoms with van der Waals surface area (Å²) in [7, 11) is 0. The summed E-state index contributed by atoms with van der Waals surface area (Å²) in [6, 6.07) is 141. The second-order valence-electron chi connectivity index (χ2n) is 35.3. The highest BCUT2D eigenvalue weighted by Gasteiger charge is 2.42. The van der Waals surface area contributed by atoms with Crippen LogP contribution in [0.1, 0.15) is 74.9 Å². The van der Waals surface area contributed by atoms with Gasteiger partial charge in [0.1, 0.15) is 0 Å². The topological polar surface area (TPSA) is 14.8 Å². The number of fused-ring (bicyclic) bond motifs is 30. The van der Waals surface area contributed by atoms with Gasteiger partial charge in [-0.3, -0.25) is 0 Å². The van der Waals surface area contributed by atoms with E-state index in [0.29, 0.717) is 0 Å². The molecule has 3 aliphatic rings. The van der Waals surface area contributed by atoms with Gasteiger partial charge in [0.25, 0.3) is 0 Å². The average molecular weight is 1630 g/mol. The molecule has 0 amide bonds. The van der Waals surface area contributed by atoms with Crippen molar-refractivity contribution in [2.75, 3.05) is 0 Å². The lowest BCUT2D eigenvalue weighted by Crippen LogP contribution is -2.15. The second kappa shape index (κ2) is 27.0. The smallest absolute Gasteiger partial charge is 0.0547 e. The van der Waals surface area contributed by atoms with Gasteiger partial charge in [-0.1, -0.05) is 284 Å². The van der Waals surface area contributed by atoms with Gasteiger partial charge in [-0.2, -0.15) is 0 Å². The first-order valence-corrected chi connectivity index (χ1v) is 45.3. The maximum Gasteiger partial charge on any atom is 0.0547 e. The summed E-state index contributed by atoms with van der Waals surface area (Å²) in [6.45, 7) is 14.4. The molecule has 27 rings (SSSR count). The Labute approximate surface area is 725 Å². The third kappa shape index (κ3) is 10.7. The Hall–Kier alpha value is -14.0. The number of para-hydroxylation sites is 6. The molecule has 0 unspecified atom stereocenters. The van der Waals surface area contributed by atoms with Gasteiger partial charge in [-0.15, -0.1) is 34.0 Å². The van der Waals surface area contributed by atoms with E-state index in [1.54, 1.807) is 0 Å². The molecule has 24 aromatic rings. The molecule has 0 N–H and O–H groups in total. The summed E-state index contributed by atoms with van der Waals surface area (Å²) in [5.41, 5.74) is 35.2. The van der Waals surface area contributed by atoms with E-state index in [1.165, 1.54) is 243 Å². The molecule has 0 radical (unpaired) electrons. The van der Waals surface area contributed by atoms with Gasteiger partial charge in [0.15, 0.2) is 0 Å². The van der Waals surface area contributed by atoms with Crippen molar-refractivity contribution in [3.8, 4) is 83.8 Å². The molecule has 0 bridgehead atoms. The summed E-state index contributed by atoms with van der Waals surface area (Å²) in [5.74, 6) is 0. The maximum absolute atomic E-state index is 2.45. The van der Waals surface area contributed by atoms with Crippen molar-refractivity contribution < 1.29 is 0 Å². The molecule has 3 aliphatic carbocycles. The Balaban J connectivity index is 0.000000101. The van der Waals surface area contributed by atoms with E-state index in [1.807, 2.05) is 34.0 Å². The fourth-order valence-electron chi connectivity index (χ4n) is 21.9. The molecule has 3 nitrogen and oxygen atoms in total. The van der Waals surface area contributed by atoms with E-state index < -0.39 is 0 Å². The van der Waals surface area contributed by atoms with Crippen LogP contribution >= 0.6 is 34.0 Å². The number of nitrogens with zero attached hydrogens (tertiary/aromatic N) is 3. The van der Waals surface area contributed by atoms with E-state index in [-0.39, 0.29) is 16.2 Å². The highest BCUT2D eigenvalue weighted by molar-refractivity contribution is 7.26. The van der Waals surface area contributed by atoms with Gasteiger partial charge < -0.3 is 13.7 Å². The zero-order valence-electron chi connectivity index (χ0n) is 68.9. The minimum absolute atomic E-state index is 0.0559. The van der Waals surface area contributed by atoms with Crippen LogP contribution in [0.4, 0.5) is 0 Å². The first-order valence-electron chi connectivity index (χ1n) is 42.8. The first-order chi connectivity index (χ1) is 60.3. The van der Waals surface area contributed by atoms with E-state index in [9.17, 15) is 0 Å². The van der Waals surface area contributed by atoms with Crippen molar-refractivity contribution in [2.24, 2.45) is 0 Å². The number of rotatable bonds is 6. The van der Waals surface area contributed by atoms with Crippen molar-refractivity contribution in [3.05, 3.63) is 416 Å². The van der Waals surface area contributed by atoms with E-state index in [2.05, 4.69) is 437 Å². The Bertz CT molecular complexity index is 8580. The van der Waals surface area contributed by atoms with Gasteiger partial charge in [-0.25, -0.2) is 0 Å². The predicted molar refractivity (Wildman–Crippen MR) is 530 cm³/mol. The Kier molecular flexibility index (Phi) is 15.8. The third-order valence-electron chi connectivity index (χ3n) is 27.5. The van der Waals surface area contributed by atoms with E-state index in [4.69, 9.17) is 0 Å². The minimum Gasteiger partial charge on any atom is -0.309 e. The fourth-order valence-corrected chi connectivity index (χ4v) is 25.3. The Morgan fingerprint density at radius 1 is 0.179 bits per heavy atom. The van der Waals surface area contributed by atoms with Gasteiger partial charge in [0.2, 0.25) is 0 Å². The zero-order valence-corrected chi connectivity index (χ0v) is 71.4. The number of hydrogen-bond acceptors (Lipinski definition) is 3. The summed E-state index contributed by atoms with van der Waals surface area (Å²) >= 11 is 5.72. The van der Waals surface area contributed by atoms with Gasteiger partial charge in [-0.05, 0) is 240 Å². The summed E-state index contributed by atoms with van der Waals surface area (Å²) in [4.78, 5) is 0. The van der Waals surface area contributed by atoms with E-state index >= 15 is 0 Å². The van der Waals surface area contributed by atoms with Gasteiger partial charge in [0, 0.05) is 126 Å². The summed E-state index contributed by atoms with van der Waals surface area (Å²) in [6.07, 6.45) is 0. The Morgan fingerprint density at radius 2 is 0.463 bits per heavy atom. The lowest BCUT2D eigenvalue weighted by molar-refractivity contribution is 0.666. The first kappa shape index (κ1) is 71.9. The minimum atomic E-state index is -0.0902. The Morgan fingerprint density at radius 3 is 0.886 bits per heavy atom. The average Bonchev–Trinajstić information content (AvgIpc) is 1.55. The van der Waals surface area contributed by atoms with Crippen LogP contribution < -0.4 is 0 Å². The van der Waals surface area contributed by atoms with Crippen LogP contribution in [0.3, 0.4) is 0 Å². The number of benzene rings is 18. The standard InChI is InChI=1S/3C39H27NS/c1-39(2)32-19-16-24(22-30(32)28-18-21-36-37(38(28)39)29-13-7-9-15-35(29)41-36)25-17-20-34-31(23-25)27-12-6-8-14-33(27)40(34)26-10-4-3-5-11-26;1-39(2)32-23-25(16-18-27(32)29-19-21-36-37(38(29)39)30-13-7-9-15-35(30)41-36)24-17-20-34-31(22-24)28-12-6-8-14-33(28)40(34)26-10-4-3-5-11-26;1-39(2)32-22-24(16-18-27(32)30-20-21-36-37(38(30)39)31-13-7-9-15-35(31)41-36)25-17-19-29-28-12-6-8-14-33(28)40(34(29)23-25)26-10-4-3-5-11-26/h3*3-23H,1-2H3. The van der Waals surface area contributed by atoms with E-state index in [0.717, 1.165) is 0 Å². The lowest BCUT2D eigenvalue weighted by atomic mass is 9.80. The SMILES string of the molecule is CC1(C)c2cc(-c3ccc4c(c3)c3ccccc3n4-c3ccccc3)ccc2-c2ccc3sc4ccccc4c3c21.CC1(C)c2cc(-c3ccc4c5ccccc5n(-c5ccccc5)c4c3)ccc2-c2ccc3sc4ccccc4c3c21.CC1(C)c2ccc(-c3ccc4c(c3)c3ccccc3n4-c3ccccc3)cc2-c2ccc3sc4ccccc4c3c21. The van der Waals surface area contributed by atoms with Crippen LogP contribution in [0.5, 0.6) is 0 Å². The zero-order chi connectivity index (χ0) is 81.9. The van der Waals surface area contributed by atoms with Gasteiger partial charge in [0.05, 0.1) is 33.1 Å². The molecule has 18 aromatic carbocycles. The summed E-state index contributed by atoms with van der Waals surface area (Å²) in [5, 5.41) is 16.2. The molecule has 0 saturated heterocycles. The van der Waals surface area contributed by atoms with Crippen molar-refractivity contribution >= 4 is 160 Å². The van der Waals surface area contributed by atoms with Crippen LogP contribution in [0, 0.1) is 0 Å². The highest BCUT2D eigenvalue weighted by atomic mass is 32.1. The molecular formula is C117H81N3S3. The molecule has 0 fully saturated rings. The van der Waals surface area contributed by atoms with Crippen molar-refractivity contribution in [3.63, 3.8) is 0 Å². The quantitative estimate of drug-likeness (QED) is 0.158. The fraction of sp³-hybridized carbons (Fsp3) is 0.0769. The molecule has 6 heterocycles. The molecule has 0 saturated carbocycles. The third-order valence-corrected chi connectivity index (χ3v) is 30.9. The van der Waals surface area contributed by atoms with Crippen molar-refractivity contribution in [1.82, 2.24) is 13.7 Å². The van der Waals surface area contributed by atoms with Crippen LogP contribution in [0.2, 0.25) is 0 Å². The predicted octanol–water partition coefficient (Wildman–Crippen LogP) is 33.4. The maximum atomic E-state index is 2.45. The molecule has 123 heavy (non-hydrogen) atoms. The summed E-state index contributed by atoms with van der Waals surface area (Å²) < 4.78 is 15.4. The highest BCUT2D eigenvalue weighted by Crippen LogP contribution is 2.59. The number of hydrogen-bond donors (Lipinski definition) is 0. The van der Waals surface area contributed by atoms with Crippen LogP contribution in [-0.4, -0.2) is 13.7 Å². The number of thiophene rings is 3. The molecule has 0 atom stereocenters. The molecule has 6 aromatic heterocycles. The van der Waals surface area contributed by atoms with Crippen LogP contribution in [0.15, 0.2) is 382 Å². The normalized spacial score (nSPS) is 13.8. The lowest BCUT2D eigenvalue weighted by Gasteiger charge is -2.23. The van der Waals surface area contributed by atoms with Crippen LogP contribution in [-0.2, 0) is 16.2 Å². The molecular weight excluding hydrogens is 1540 g/mol. The monoisotopic (exact) mass is 1620 g/mol. The molecule has 0 spiro atoms. The molecule has 6 heteroatoms. The molecule has 0 aliphatic heterocycles. The molecule has 582 valence electrons. The number of aromatic nitrogens is 3. The van der Waals surface area contributed by atoms with Crippen molar-refractivity contribution in [1.29, 1.82) is 0 Å². The van der Waals surface area contributed by atoms with Crippen LogP contribution in [0.25, 0.3) is 210 Å². The largest absolute Gasteiger partial charge is 0.309 e. The van der Waals surface area contributed by atoms with Gasteiger partial charge >= 0.3 is 0 Å². The second-order valence-corrected chi connectivity index (χ2v) is 38.5. The van der Waals surface area contributed by atoms with Crippen molar-refractivity contribution in [2.45, 2.75) is 57.8 Å².